The highest BCUT2D eigenvalue weighted by Crippen LogP contribution is 2.26. The molecular formula is C19H22N2O3S. The fourth-order valence-corrected chi connectivity index (χ4v) is 3.65. The van der Waals surface area contributed by atoms with Crippen LogP contribution in [0.4, 0.5) is 0 Å². The molecule has 0 unspecified atom stereocenters. The van der Waals surface area contributed by atoms with E-state index in [-0.39, 0.29) is 30.7 Å². The third-order valence-corrected chi connectivity index (χ3v) is 5.13. The average molecular weight is 358 g/mol. The van der Waals surface area contributed by atoms with Crippen molar-refractivity contribution in [1.29, 1.82) is 0 Å². The quantitative estimate of drug-likeness (QED) is 0.863. The third-order valence-electron chi connectivity index (χ3n) is 4.20. The second kappa shape index (κ2) is 8.78. The zero-order valence-electron chi connectivity index (χ0n) is 14.0. The van der Waals surface area contributed by atoms with E-state index in [0.717, 1.165) is 10.4 Å². The van der Waals surface area contributed by atoms with Crippen LogP contribution in [0.5, 0.6) is 0 Å². The van der Waals surface area contributed by atoms with E-state index in [9.17, 15) is 9.59 Å². The van der Waals surface area contributed by atoms with Gasteiger partial charge in [-0.15, -0.1) is 11.3 Å². The van der Waals surface area contributed by atoms with Gasteiger partial charge in [0.2, 0.25) is 11.8 Å². The van der Waals surface area contributed by atoms with Crippen LogP contribution in [0, 0.1) is 0 Å². The van der Waals surface area contributed by atoms with E-state index >= 15 is 0 Å². The molecular weight excluding hydrogens is 336 g/mol. The maximum Gasteiger partial charge on any atom is 0.223 e. The third kappa shape index (κ3) is 4.90. The first-order valence-electron chi connectivity index (χ1n) is 8.47. The number of nitrogens with one attached hydrogen (secondary N) is 1. The maximum absolute atomic E-state index is 12.4. The van der Waals surface area contributed by atoms with E-state index in [4.69, 9.17) is 4.74 Å². The lowest BCUT2D eigenvalue weighted by molar-refractivity contribution is -0.137. The molecule has 0 radical (unpaired) electrons. The van der Waals surface area contributed by atoms with Gasteiger partial charge >= 0.3 is 0 Å². The van der Waals surface area contributed by atoms with Crippen molar-refractivity contribution in [1.82, 2.24) is 10.2 Å². The van der Waals surface area contributed by atoms with Crippen LogP contribution in [0.15, 0.2) is 47.8 Å². The van der Waals surface area contributed by atoms with Crippen LogP contribution in [0.1, 0.15) is 29.3 Å². The molecule has 132 valence electrons. The van der Waals surface area contributed by atoms with Crippen LogP contribution >= 0.6 is 11.3 Å². The van der Waals surface area contributed by atoms with Crippen molar-refractivity contribution in [3.63, 3.8) is 0 Å². The van der Waals surface area contributed by atoms with E-state index in [1.807, 2.05) is 47.8 Å². The molecule has 1 N–H and O–H groups in total. The lowest BCUT2D eigenvalue weighted by atomic mass is 10.1. The number of hydrogen-bond acceptors (Lipinski definition) is 4. The molecule has 25 heavy (non-hydrogen) atoms. The van der Waals surface area contributed by atoms with Crippen molar-refractivity contribution >= 4 is 23.2 Å². The molecule has 0 spiro atoms. The number of morpholine rings is 1. The van der Waals surface area contributed by atoms with Crippen LogP contribution in [-0.4, -0.2) is 43.0 Å². The van der Waals surface area contributed by atoms with E-state index in [2.05, 4.69) is 5.32 Å². The maximum atomic E-state index is 12.4. The molecule has 1 atom stereocenters. The zero-order chi connectivity index (χ0) is 17.5. The Labute approximate surface area is 151 Å². The molecule has 1 aliphatic heterocycles. The van der Waals surface area contributed by atoms with Gasteiger partial charge in [-0.25, -0.2) is 0 Å². The first-order chi connectivity index (χ1) is 12.2. The number of hydrogen-bond donors (Lipinski definition) is 1. The fraction of sp³-hybridized carbons (Fsp3) is 0.368. The summed E-state index contributed by atoms with van der Waals surface area (Å²) in [7, 11) is 0. The van der Waals surface area contributed by atoms with Crippen molar-refractivity contribution in [2.75, 3.05) is 26.3 Å². The van der Waals surface area contributed by atoms with Gasteiger partial charge < -0.3 is 15.0 Å². The van der Waals surface area contributed by atoms with Crippen LogP contribution in [0.25, 0.3) is 0 Å². The second-order valence-electron chi connectivity index (χ2n) is 5.92. The standard InChI is InChI=1S/C19H22N2O3S/c22-17(8-9-18(23)21-10-12-24-13-11-21)20-19(16-7-4-14-25-16)15-5-2-1-3-6-15/h1-7,14,19H,8-13H2,(H,20,22)/t19-/m1/s1. The summed E-state index contributed by atoms with van der Waals surface area (Å²) in [6.07, 6.45) is 0.433. The average Bonchev–Trinajstić information content (AvgIpc) is 3.20. The topological polar surface area (TPSA) is 58.6 Å². The normalized spacial score (nSPS) is 15.6. The molecule has 1 aromatic heterocycles. The van der Waals surface area contributed by atoms with Crippen molar-refractivity contribution in [3.05, 3.63) is 58.3 Å². The van der Waals surface area contributed by atoms with Crippen LogP contribution in [-0.2, 0) is 14.3 Å². The van der Waals surface area contributed by atoms with Gasteiger partial charge in [0, 0.05) is 30.8 Å². The highest BCUT2D eigenvalue weighted by atomic mass is 32.1. The van der Waals surface area contributed by atoms with Gasteiger partial charge in [0.1, 0.15) is 0 Å². The molecule has 6 heteroatoms. The Hall–Kier alpha value is -2.18. The Morgan fingerprint density at radius 3 is 2.52 bits per heavy atom. The lowest BCUT2D eigenvalue weighted by Gasteiger charge is -2.27. The summed E-state index contributed by atoms with van der Waals surface area (Å²) in [6, 6.07) is 13.7. The van der Waals surface area contributed by atoms with Gasteiger partial charge in [-0.1, -0.05) is 36.4 Å². The molecule has 0 bridgehead atoms. The minimum absolute atomic E-state index is 0.0193. The summed E-state index contributed by atoms with van der Waals surface area (Å²) in [4.78, 5) is 27.4. The Balaban J connectivity index is 1.58. The van der Waals surface area contributed by atoms with Gasteiger partial charge in [-0.2, -0.15) is 0 Å². The van der Waals surface area contributed by atoms with Crippen molar-refractivity contribution in [3.8, 4) is 0 Å². The first kappa shape index (κ1) is 17.6. The lowest BCUT2D eigenvalue weighted by Crippen LogP contribution is -2.41. The second-order valence-corrected chi connectivity index (χ2v) is 6.90. The summed E-state index contributed by atoms with van der Waals surface area (Å²) in [6.45, 7) is 2.38. The van der Waals surface area contributed by atoms with Gasteiger partial charge in [0.15, 0.2) is 0 Å². The number of benzene rings is 1. The Morgan fingerprint density at radius 1 is 1.08 bits per heavy atom. The molecule has 2 amide bonds. The van der Waals surface area contributed by atoms with Gasteiger partial charge in [-0.05, 0) is 17.0 Å². The predicted molar refractivity (Wildman–Crippen MR) is 97.4 cm³/mol. The number of ether oxygens (including phenoxy) is 1. The Morgan fingerprint density at radius 2 is 1.84 bits per heavy atom. The van der Waals surface area contributed by atoms with Crippen LogP contribution < -0.4 is 5.32 Å². The van der Waals surface area contributed by atoms with Crippen molar-refractivity contribution < 1.29 is 14.3 Å². The molecule has 1 aliphatic rings. The number of nitrogens with zero attached hydrogens (tertiary/aromatic N) is 1. The number of carbonyl (C=O) groups excluding carboxylic acids is 2. The summed E-state index contributed by atoms with van der Waals surface area (Å²) >= 11 is 1.61. The first-order valence-corrected chi connectivity index (χ1v) is 9.35. The summed E-state index contributed by atoms with van der Waals surface area (Å²) in [5.74, 6) is -0.0882. The summed E-state index contributed by atoms with van der Waals surface area (Å²) in [5, 5.41) is 5.07. The smallest absolute Gasteiger partial charge is 0.223 e. The SMILES string of the molecule is O=C(CCC(=O)N1CCOCC1)N[C@H](c1ccccc1)c1cccs1. The largest absolute Gasteiger partial charge is 0.378 e. The van der Waals surface area contributed by atoms with Gasteiger partial charge in [0.05, 0.1) is 19.3 Å². The minimum atomic E-state index is -0.174. The number of rotatable bonds is 6. The van der Waals surface area contributed by atoms with Crippen molar-refractivity contribution in [2.24, 2.45) is 0 Å². The highest BCUT2D eigenvalue weighted by molar-refractivity contribution is 7.10. The molecule has 2 aromatic rings. The van der Waals surface area contributed by atoms with Gasteiger partial charge in [-0.3, -0.25) is 9.59 Å². The summed E-state index contributed by atoms with van der Waals surface area (Å²) < 4.78 is 5.25. The van der Waals surface area contributed by atoms with E-state index in [1.165, 1.54) is 0 Å². The Kier molecular flexibility index (Phi) is 6.19. The number of thiophene rings is 1. The van der Waals surface area contributed by atoms with Crippen LogP contribution in [0.3, 0.4) is 0 Å². The zero-order valence-corrected chi connectivity index (χ0v) is 14.8. The van der Waals surface area contributed by atoms with E-state index in [0.29, 0.717) is 26.3 Å². The van der Waals surface area contributed by atoms with Crippen LogP contribution in [0.2, 0.25) is 0 Å². The monoisotopic (exact) mass is 358 g/mol. The van der Waals surface area contributed by atoms with Gasteiger partial charge in [0.25, 0.3) is 0 Å². The molecule has 1 fully saturated rings. The molecule has 0 saturated carbocycles. The number of carbonyl (C=O) groups is 2. The molecule has 5 nitrogen and oxygen atoms in total. The van der Waals surface area contributed by atoms with E-state index < -0.39 is 0 Å². The minimum Gasteiger partial charge on any atom is -0.378 e. The highest BCUT2D eigenvalue weighted by Gasteiger charge is 2.20. The van der Waals surface area contributed by atoms with Crippen molar-refractivity contribution in [2.45, 2.75) is 18.9 Å². The fourth-order valence-electron chi connectivity index (χ4n) is 2.84. The predicted octanol–water partition coefficient (Wildman–Crippen LogP) is 2.59. The number of amides is 2. The molecule has 1 aromatic carbocycles. The summed E-state index contributed by atoms with van der Waals surface area (Å²) in [5.41, 5.74) is 1.04. The molecule has 1 saturated heterocycles. The molecule has 3 rings (SSSR count). The molecule has 2 heterocycles. The molecule has 0 aliphatic carbocycles. The Bertz CT molecular complexity index is 682. The van der Waals surface area contributed by atoms with E-state index in [1.54, 1.807) is 16.2 Å².